The Bertz CT molecular complexity index is 820. The van der Waals surface area contributed by atoms with Crippen molar-refractivity contribution in [3.8, 4) is 0 Å². The van der Waals surface area contributed by atoms with E-state index in [1.165, 1.54) is 12.1 Å². The van der Waals surface area contributed by atoms with Gasteiger partial charge in [0.15, 0.2) is 0 Å². The predicted molar refractivity (Wildman–Crippen MR) is 95.3 cm³/mol. The number of anilines is 1. The van der Waals surface area contributed by atoms with Crippen LogP contribution in [0.15, 0.2) is 53.4 Å². The molecule has 2 aromatic carbocycles. The standard InChI is InChI=1S/C18H21FN2O3S/c1-2-14-5-3-6-16(13-14)21-18(22)7-4-12-20-25(23,24)17-10-8-15(19)9-11-17/h3,5-6,8-11,13,20H,2,4,7,12H2,1H3,(H,21,22). The summed E-state index contributed by atoms with van der Waals surface area (Å²) in [6, 6.07) is 12.2. The fourth-order valence-electron chi connectivity index (χ4n) is 2.25. The molecule has 0 atom stereocenters. The molecule has 0 radical (unpaired) electrons. The van der Waals surface area contributed by atoms with E-state index in [9.17, 15) is 17.6 Å². The minimum absolute atomic E-state index is 0.00488. The minimum Gasteiger partial charge on any atom is -0.326 e. The Morgan fingerprint density at radius 1 is 1.12 bits per heavy atom. The van der Waals surface area contributed by atoms with E-state index in [1.807, 2.05) is 31.2 Å². The zero-order valence-electron chi connectivity index (χ0n) is 14.0. The number of carbonyl (C=O) groups is 1. The number of amides is 1. The summed E-state index contributed by atoms with van der Waals surface area (Å²) in [5.74, 6) is -0.669. The van der Waals surface area contributed by atoms with Gasteiger partial charge in [-0.3, -0.25) is 4.79 Å². The van der Waals surface area contributed by atoms with Crippen LogP contribution in [0.2, 0.25) is 0 Å². The Labute approximate surface area is 147 Å². The third-order valence-electron chi connectivity index (χ3n) is 3.62. The zero-order chi connectivity index (χ0) is 18.3. The Hall–Kier alpha value is -2.25. The van der Waals surface area contributed by atoms with Crippen molar-refractivity contribution in [2.24, 2.45) is 0 Å². The summed E-state index contributed by atoms with van der Waals surface area (Å²) in [4.78, 5) is 11.9. The monoisotopic (exact) mass is 364 g/mol. The maximum atomic E-state index is 12.8. The molecule has 5 nitrogen and oxygen atoms in total. The summed E-state index contributed by atoms with van der Waals surface area (Å²) in [6.45, 7) is 2.16. The molecule has 2 rings (SSSR count). The van der Waals surface area contributed by atoms with Crippen LogP contribution in [-0.4, -0.2) is 20.9 Å². The van der Waals surface area contributed by atoms with Crippen molar-refractivity contribution in [2.45, 2.75) is 31.1 Å². The lowest BCUT2D eigenvalue weighted by Gasteiger charge is -2.08. The molecule has 0 saturated heterocycles. The molecule has 0 aromatic heterocycles. The summed E-state index contributed by atoms with van der Waals surface area (Å²) in [6.07, 6.45) is 1.44. The number of carbonyl (C=O) groups excluding carboxylic acids is 1. The van der Waals surface area contributed by atoms with Gasteiger partial charge in [-0.1, -0.05) is 19.1 Å². The lowest BCUT2D eigenvalue weighted by atomic mass is 10.1. The van der Waals surface area contributed by atoms with Crippen LogP contribution < -0.4 is 10.0 Å². The highest BCUT2D eigenvalue weighted by molar-refractivity contribution is 7.89. The second-order valence-corrected chi connectivity index (χ2v) is 7.32. The Balaban J connectivity index is 1.78. The molecule has 0 bridgehead atoms. The van der Waals surface area contributed by atoms with Crippen molar-refractivity contribution in [3.05, 3.63) is 59.9 Å². The van der Waals surface area contributed by atoms with Crippen molar-refractivity contribution in [1.82, 2.24) is 4.72 Å². The van der Waals surface area contributed by atoms with E-state index in [0.717, 1.165) is 29.8 Å². The Morgan fingerprint density at radius 3 is 2.52 bits per heavy atom. The van der Waals surface area contributed by atoms with Crippen LogP contribution in [0.3, 0.4) is 0 Å². The van der Waals surface area contributed by atoms with Gasteiger partial charge in [0.05, 0.1) is 4.90 Å². The second-order valence-electron chi connectivity index (χ2n) is 5.56. The first-order valence-corrected chi connectivity index (χ1v) is 9.53. The molecule has 1 amide bonds. The van der Waals surface area contributed by atoms with E-state index in [-0.39, 0.29) is 23.8 Å². The molecule has 2 N–H and O–H groups in total. The average molecular weight is 364 g/mol. The lowest BCUT2D eigenvalue weighted by molar-refractivity contribution is -0.116. The number of sulfonamides is 1. The number of hydrogen-bond acceptors (Lipinski definition) is 3. The van der Waals surface area contributed by atoms with Gasteiger partial charge >= 0.3 is 0 Å². The lowest BCUT2D eigenvalue weighted by Crippen LogP contribution is -2.25. The van der Waals surface area contributed by atoms with E-state index >= 15 is 0 Å². The van der Waals surface area contributed by atoms with Gasteiger partial charge in [0.1, 0.15) is 5.82 Å². The van der Waals surface area contributed by atoms with E-state index in [4.69, 9.17) is 0 Å². The van der Waals surface area contributed by atoms with Crippen LogP contribution >= 0.6 is 0 Å². The van der Waals surface area contributed by atoms with E-state index in [2.05, 4.69) is 10.0 Å². The Kier molecular flexibility index (Phi) is 6.66. The van der Waals surface area contributed by atoms with Gasteiger partial charge in [-0.15, -0.1) is 0 Å². The summed E-state index contributed by atoms with van der Waals surface area (Å²) in [7, 11) is -3.69. The van der Waals surface area contributed by atoms with E-state index < -0.39 is 15.8 Å². The number of aryl methyl sites for hydroxylation is 1. The van der Waals surface area contributed by atoms with Crippen LogP contribution in [0.5, 0.6) is 0 Å². The SMILES string of the molecule is CCc1cccc(NC(=O)CCCNS(=O)(=O)c2ccc(F)cc2)c1. The minimum atomic E-state index is -3.69. The number of hydrogen-bond donors (Lipinski definition) is 2. The van der Waals surface area contributed by atoms with Gasteiger partial charge in [-0.2, -0.15) is 0 Å². The third kappa shape index (κ3) is 5.95. The molecule has 0 aliphatic rings. The van der Waals surface area contributed by atoms with Gasteiger partial charge in [-0.25, -0.2) is 17.5 Å². The molecular formula is C18H21FN2O3S. The van der Waals surface area contributed by atoms with Crippen molar-refractivity contribution in [1.29, 1.82) is 0 Å². The molecule has 0 aliphatic heterocycles. The third-order valence-corrected chi connectivity index (χ3v) is 5.09. The summed E-state index contributed by atoms with van der Waals surface area (Å²) in [5, 5.41) is 2.79. The van der Waals surface area contributed by atoms with Crippen molar-refractivity contribution >= 4 is 21.6 Å². The summed E-state index contributed by atoms with van der Waals surface area (Å²) < 4.78 is 39.3. The molecule has 0 spiro atoms. The molecule has 0 heterocycles. The highest BCUT2D eigenvalue weighted by Gasteiger charge is 2.13. The van der Waals surface area contributed by atoms with Crippen molar-refractivity contribution in [3.63, 3.8) is 0 Å². The van der Waals surface area contributed by atoms with Crippen LogP contribution in [0.4, 0.5) is 10.1 Å². The van der Waals surface area contributed by atoms with Crippen LogP contribution in [-0.2, 0) is 21.2 Å². The topological polar surface area (TPSA) is 75.3 Å². The largest absolute Gasteiger partial charge is 0.326 e. The normalized spacial score (nSPS) is 11.3. The molecule has 0 saturated carbocycles. The van der Waals surface area contributed by atoms with Gasteiger partial charge in [-0.05, 0) is 54.8 Å². The number of rotatable bonds is 8. The van der Waals surface area contributed by atoms with E-state index in [1.54, 1.807) is 0 Å². The van der Waals surface area contributed by atoms with Crippen molar-refractivity contribution in [2.75, 3.05) is 11.9 Å². The molecule has 2 aromatic rings. The fraction of sp³-hybridized carbons (Fsp3) is 0.278. The molecule has 0 fully saturated rings. The van der Waals surface area contributed by atoms with Crippen LogP contribution in [0.25, 0.3) is 0 Å². The predicted octanol–water partition coefficient (Wildman–Crippen LogP) is 3.09. The highest BCUT2D eigenvalue weighted by atomic mass is 32.2. The Morgan fingerprint density at radius 2 is 1.84 bits per heavy atom. The van der Waals surface area contributed by atoms with Gasteiger partial charge in [0.25, 0.3) is 0 Å². The average Bonchev–Trinajstić information content (AvgIpc) is 2.59. The quantitative estimate of drug-likeness (QED) is 0.707. The first kappa shape index (κ1) is 19.1. The summed E-state index contributed by atoms with van der Waals surface area (Å²) >= 11 is 0. The van der Waals surface area contributed by atoms with Gasteiger partial charge < -0.3 is 5.32 Å². The fourth-order valence-corrected chi connectivity index (χ4v) is 3.32. The highest BCUT2D eigenvalue weighted by Crippen LogP contribution is 2.12. The first-order valence-electron chi connectivity index (χ1n) is 8.05. The molecule has 25 heavy (non-hydrogen) atoms. The number of halogens is 1. The maximum absolute atomic E-state index is 12.8. The maximum Gasteiger partial charge on any atom is 0.240 e. The smallest absolute Gasteiger partial charge is 0.240 e. The molecule has 0 aliphatic carbocycles. The molecule has 7 heteroatoms. The molecular weight excluding hydrogens is 343 g/mol. The van der Waals surface area contributed by atoms with E-state index in [0.29, 0.717) is 6.42 Å². The number of nitrogens with one attached hydrogen (secondary N) is 2. The van der Waals surface area contributed by atoms with Gasteiger partial charge in [0, 0.05) is 18.7 Å². The first-order chi connectivity index (χ1) is 11.9. The van der Waals surface area contributed by atoms with Crippen LogP contribution in [0.1, 0.15) is 25.3 Å². The summed E-state index contributed by atoms with van der Waals surface area (Å²) in [5.41, 5.74) is 1.86. The molecule has 134 valence electrons. The number of benzene rings is 2. The zero-order valence-corrected chi connectivity index (χ0v) is 14.8. The van der Waals surface area contributed by atoms with Gasteiger partial charge in [0.2, 0.25) is 15.9 Å². The van der Waals surface area contributed by atoms with Crippen molar-refractivity contribution < 1.29 is 17.6 Å². The molecule has 0 unspecified atom stereocenters. The van der Waals surface area contributed by atoms with Crippen LogP contribution in [0, 0.1) is 5.82 Å². The second kappa shape index (κ2) is 8.73.